The number of hydrogen-bond donors (Lipinski definition) is 1. The van der Waals surface area contributed by atoms with Gasteiger partial charge in [0.25, 0.3) is 0 Å². The molecule has 1 aliphatic rings. The minimum Gasteiger partial charge on any atom is -0.330 e. The number of carbonyl (C=O) groups is 1. The summed E-state index contributed by atoms with van der Waals surface area (Å²) in [6.45, 7) is 5.85. The molecule has 1 atom stereocenters. The van der Waals surface area contributed by atoms with E-state index in [-0.39, 0.29) is 11.9 Å². The number of piperazine rings is 1. The van der Waals surface area contributed by atoms with Crippen LogP contribution in [0.4, 0.5) is 0 Å². The Hall–Kier alpha value is -1.68. The molecule has 0 radical (unpaired) electrons. The lowest BCUT2D eigenvalue weighted by atomic mass is 10.1. The summed E-state index contributed by atoms with van der Waals surface area (Å²) in [6.07, 6.45) is 4.91. The van der Waals surface area contributed by atoms with E-state index in [9.17, 15) is 4.79 Å². The second kappa shape index (κ2) is 4.90. The van der Waals surface area contributed by atoms with E-state index in [2.05, 4.69) is 16.9 Å². The highest BCUT2D eigenvalue weighted by Crippen LogP contribution is 2.21. The van der Waals surface area contributed by atoms with Crippen LogP contribution in [0.15, 0.2) is 37.2 Å². The molecule has 1 amide bonds. The fraction of sp³-hybridized carbons (Fsp3) is 0.333. The largest absolute Gasteiger partial charge is 0.330 e. The maximum atomic E-state index is 11.7. The van der Waals surface area contributed by atoms with Gasteiger partial charge in [-0.1, -0.05) is 12.6 Å². The summed E-state index contributed by atoms with van der Waals surface area (Å²) in [5, 5.41) is 3.29. The van der Waals surface area contributed by atoms with E-state index in [4.69, 9.17) is 0 Å². The summed E-state index contributed by atoms with van der Waals surface area (Å²) in [4.78, 5) is 17.6. The van der Waals surface area contributed by atoms with E-state index in [0.717, 1.165) is 18.7 Å². The van der Waals surface area contributed by atoms with Crippen molar-refractivity contribution in [2.24, 2.45) is 0 Å². The van der Waals surface area contributed by atoms with E-state index in [1.54, 1.807) is 12.4 Å². The second-order valence-electron chi connectivity index (χ2n) is 3.74. The van der Waals surface area contributed by atoms with Gasteiger partial charge in [-0.2, -0.15) is 0 Å². The molecule has 0 aliphatic carbocycles. The highest BCUT2D eigenvalue weighted by Gasteiger charge is 2.26. The lowest BCUT2D eigenvalue weighted by Gasteiger charge is -2.35. The van der Waals surface area contributed by atoms with Crippen LogP contribution in [-0.4, -0.2) is 35.4 Å². The summed E-state index contributed by atoms with van der Waals surface area (Å²) in [5.74, 6) is -0.0182. The molecule has 2 heterocycles. The zero-order valence-electron chi connectivity index (χ0n) is 9.10. The third kappa shape index (κ3) is 2.12. The maximum absolute atomic E-state index is 11.7. The number of rotatable bonds is 2. The van der Waals surface area contributed by atoms with Crippen LogP contribution >= 0.6 is 0 Å². The second-order valence-corrected chi connectivity index (χ2v) is 3.74. The number of pyridine rings is 1. The molecular weight excluding hydrogens is 202 g/mol. The van der Waals surface area contributed by atoms with E-state index in [1.807, 2.05) is 17.0 Å². The first-order valence-corrected chi connectivity index (χ1v) is 5.36. The standard InChI is InChI=1S/C12H15N3O/c1-2-12(16)15-7-6-14-9-11(15)10-4-3-5-13-8-10/h2-5,8,11,14H,1,6-7,9H2. The molecule has 1 N–H and O–H groups in total. The zero-order chi connectivity index (χ0) is 11.4. The number of hydrogen-bond acceptors (Lipinski definition) is 3. The van der Waals surface area contributed by atoms with Crippen LogP contribution in [-0.2, 0) is 4.79 Å². The molecule has 1 unspecified atom stereocenters. The van der Waals surface area contributed by atoms with Gasteiger partial charge in [-0.15, -0.1) is 0 Å². The molecule has 0 aromatic carbocycles. The third-order valence-corrected chi connectivity index (χ3v) is 2.77. The van der Waals surface area contributed by atoms with Crippen molar-refractivity contribution in [1.82, 2.24) is 15.2 Å². The smallest absolute Gasteiger partial charge is 0.246 e. The van der Waals surface area contributed by atoms with Gasteiger partial charge in [-0.05, 0) is 17.7 Å². The molecular formula is C12H15N3O. The van der Waals surface area contributed by atoms with Crippen LogP contribution in [0.2, 0.25) is 0 Å². The molecule has 0 spiro atoms. The first kappa shape index (κ1) is 10.8. The molecule has 16 heavy (non-hydrogen) atoms. The quantitative estimate of drug-likeness (QED) is 0.743. The Labute approximate surface area is 95.0 Å². The summed E-state index contributed by atoms with van der Waals surface area (Å²) in [6, 6.07) is 3.95. The van der Waals surface area contributed by atoms with Gasteiger partial charge in [-0.3, -0.25) is 9.78 Å². The lowest BCUT2D eigenvalue weighted by molar-refractivity contribution is -0.129. The molecule has 1 aromatic heterocycles. The van der Waals surface area contributed by atoms with Crippen LogP contribution in [0, 0.1) is 0 Å². The summed E-state index contributed by atoms with van der Waals surface area (Å²) in [7, 11) is 0. The molecule has 2 rings (SSSR count). The lowest BCUT2D eigenvalue weighted by Crippen LogP contribution is -2.48. The highest BCUT2D eigenvalue weighted by atomic mass is 16.2. The van der Waals surface area contributed by atoms with Gasteiger partial charge in [0.15, 0.2) is 0 Å². The van der Waals surface area contributed by atoms with Crippen LogP contribution in [0.3, 0.4) is 0 Å². The van der Waals surface area contributed by atoms with Gasteiger partial charge in [0.1, 0.15) is 0 Å². The SMILES string of the molecule is C=CC(=O)N1CCNCC1c1cccnc1. The molecule has 4 nitrogen and oxygen atoms in total. The molecule has 0 saturated carbocycles. The summed E-state index contributed by atoms with van der Waals surface area (Å²) >= 11 is 0. The Kier molecular flexibility index (Phi) is 3.31. The zero-order valence-corrected chi connectivity index (χ0v) is 9.10. The Morgan fingerprint density at radius 1 is 1.69 bits per heavy atom. The molecule has 1 saturated heterocycles. The van der Waals surface area contributed by atoms with Crippen molar-refractivity contribution in [3.63, 3.8) is 0 Å². The van der Waals surface area contributed by atoms with E-state index in [0.29, 0.717) is 6.54 Å². The molecule has 1 aliphatic heterocycles. The summed E-state index contributed by atoms with van der Waals surface area (Å²) in [5.41, 5.74) is 1.06. The van der Waals surface area contributed by atoms with Gasteiger partial charge < -0.3 is 10.2 Å². The topological polar surface area (TPSA) is 45.2 Å². The summed E-state index contributed by atoms with van der Waals surface area (Å²) < 4.78 is 0. The highest BCUT2D eigenvalue weighted by molar-refractivity contribution is 5.87. The Bertz CT molecular complexity index is 377. The third-order valence-electron chi connectivity index (χ3n) is 2.77. The molecule has 84 valence electrons. The van der Waals surface area contributed by atoms with Crippen molar-refractivity contribution in [2.45, 2.75) is 6.04 Å². The van der Waals surface area contributed by atoms with Gasteiger partial charge >= 0.3 is 0 Å². The predicted molar refractivity (Wildman–Crippen MR) is 61.8 cm³/mol. The number of aromatic nitrogens is 1. The number of nitrogens with zero attached hydrogens (tertiary/aromatic N) is 2. The average molecular weight is 217 g/mol. The average Bonchev–Trinajstić information content (AvgIpc) is 2.39. The maximum Gasteiger partial charge on any atom is 0.246 e. The Balaban J connectivity index is 2.23. The number of nitrogens with one attached hydrogen (secondary N) is 1. The molecule has 1 fully saturated rings. The molecule has 0 bridgehead atoms. The van der Waals surface area contributed by atoms with E-state index in [1.165, 1.54) is 6.08 Å². The van der Waals surface area contributed by atoms with Crippen molar-refractivity contribution >= 4 is 5.91 Å². The molecule has 4 heteroatoms. The van der Waals surface area contributed by atoms with Gasteiger partial charge in [0, 0.05) is 32.0 Å². The molecule has 1 aromatic rings. The normalized spacial score (nSPS) is 20.5. The van der Waals surface area contributed by atoms with Crippen molar-refractivity contribution in [1.29, 1.82) is 0 Å². The number of carbonyl (C=O) groups excluding carboxylic acids is 1. The van der Waals surface area contributed by atoms with E-state index >= 15 is 0 Å². The van der Waals surface area contributed by atoms with Crippen LogP contribution in [0.25, 0.3) is 0 Å². The first-order valence-electron chi connectivity index (χ1n) is 5.36. The van der Waals surface area contributed by atoms with Crippen LogP contribution in [0.5, 0.6) is 0 Å². The van der Waals surface area contributed by atoms with Crippen molar-refractivity contribution < 1.29 is 4.79 Å². The van der Waals surface area contributed by atoms with Crippen molar-refractivity contribution in [3.8, 4) is 0 Å². The minimum absolute atomic E-state index is 0.0182. The van der Waals surface area contributed by atoms with E-state index < -0.39 is 0 Å². The fourth-order valence-corrected chi connectivity index (χ4v) is 1.96. The fourth-order valence-electron chi connectivity index (χ4n) is 1.96. The van der Waals surface area contributed by atoms with Crippen LogP contribution < -0.4 is 5.32 Å². The Morgan fingerprint density at radius 3 is 3.25 bits per heavy atom. The van der Waals surface area contributed by atoms with Gasteiger partial charge in [0.2, 0.25) is 5.91 Å². The Morgan fingerprint density at radius 2 is 2.56 bits per heavy atom. The first-order chi connectivity index (χ1) is 7.83. The van der Waals surface area contributed by atoms with Crippen LogP contribution in [0.1, 0.15) is 11.6 Å². The van der Waals surface area contributed by atoms with Crippen molar-refractivity contribution in [3.05, 3.63) is 42.7 Å². The van der Waals surface area contributed by atoms with Gasteiger partial charge in [-0.25, -0.2) is 0 Å². The predicted octanol–water partition coefficient (Wildman–Crippen LogP) is 0.740. The minimum atomic E-state index is -0.0182. The van der Waals surface area contributed by atoms with Crippen molar-refractivity contribution in [2.75, 3.05) is 19.6 Å². The van der Waals surface area contributed by atoms with Gasteiger partial charge in [0.05, 0.1) is 6.04 Å². The monoisotopic (exact) mass is 217 g/mol. The number of amides is 1.